The summed E-state index contributed by atoms with van der Waals surface area (Å²) >= 11 is 0. The lowest BCUT2D eigenvalue weighted by molar-refractivity contribution is 0.170. The molecule has 0 aromatic heterocycles. The van der Waals surface area contributed by atoms with Gasteiger partial charge in [0.05, 0.1) is 13.7 Å². The third kappa shape index (κ3) is 4.35. The summed E-state index contributed by atoms with van der Waals surface area (Å²) in [7, 11) is 3.36. The van der Waals surface area contributed by atoms with E-state index in [1.54, 1.807) is 14.2 Å². The summed E-state index contributed by atoms with van der Waals surface area (Å²) in [5.74, 6) is 1.56. The average molecular weight is 293 g/mol. The van der Waals surface area contributed by atoms with Crippen molar-refractivity contribution < 1.29 is 14.2 Å². The van der Waals surface area contributed by atoms with Gasteiger partial charge in [0.2, 0.25) is 0 Å². The average Bonchev–Trinajstić information content (AvgIpc) is 3.23. The van der Waals surface area contributed by atoms with E-state index in [1.165, 1.54) is 18.4 Å². The summed E-state index contributed by atoms with van der Waals surface area (Å²) in [6, 6.07) is 6.30. The lowest BCUT2D eigenvalue weighted by atomic mass is 9.93. The maximum absolute atomic E-state index is 6.32. The number of benzene rings is 1. The summed E-state index contributed by atoms with van der Waals surface area (Å²) < 4.78 is 16.2. The van der Waals surface area contributed by atoms with Gasteiger partial charge in [0.1, 0.15) is 0 Å². The SMILES string of the molecule is COCCCOc1cc(C[C@@H](N)C2(C)CC2)ccc1OC. The smallest absolute Gasteiger partial charge is 0.161 e. The van der Waals surface area contributed by atoms with Gasteiger partial charge in [-0.3, -0.25) is 0 Å². The van der Waals surface area contributed by atoms with E-state index in [9.17, 15) is 0 Å². The first-order chi connectivity index (χ1) is 10.1. The molecule has 1 aromatic rings. The highest BCUT2D eigenvalue weighted by molar-refractivity contribution is 5.43. The van der Waals surface area contributed by atoms with Crippen molar-refractivity contribution in [1.29, 1.82) is 0 Å². The van der Waals surface area contributed by atoms with Crippen LogP contribution in [0.1, 0.15) is 31.7 Å². The highest BCUT2D eigenvalue weighted by atomic mass is 16.5. The number of ether oxygens (including phenoxy) is 3. The molecule has 1 aliphatic carbocycles. The van der Waals surface area contributed by atoms with Crippen LogP contribution >= 0.6 is 0 Å². The van der Waals surface area contributed by atoms with Crippen LogP contribution in [-0.2, 0) is 11.2 Å². The zero-order valence-corrected chi connectivity index (χ0v) is 13.4. The highest BCUT2D eigenvalue weighted by Gasteiger charge is 2.42. The molecule has 1 aromatic carbocycles. The molecule has 2 N–H and O–H groups in total. The van der Waals surface area contributed by atoms with Gasteiger partial charge in [0, 0.05) is 26.2 Å². The van der Waals surface area contributed by atoms with E-state index in [0.29, 0.717) is 18.6 Å². The van der Waals surface area contributed by atoms with Crippen molar-refractivity contribution in [2.75, 3.05) is 27.4 Å². The Labute approximate surface area is 127 Å². The molecule has 0 spiro atoms. The molecule has 1 aliphatic rings. The minimum Gasteiger partial charge on any atom is -0.493 e. The molecule has 0 bridgehead atoms. The third-order valence-electron chi connectivity index (χ3n) is 4.37. The Bertz CT molecular complexity index is 457. The van der Waals surface area contributed by atoms with Gasteiger partial charge in [-0.25, -0.2) is 0 Å². The molecule has 0 heterocycles. The van der Waals surface area contributed by atoms with Crippen molar-refractivity contribution in [2.24, 2.45) is 11.1 Å². The first-order valence-corrected chi connectivity index (χ1v) is 7.63. The fraction of sp³-hybridized carbons (Fsp3) is 0.647. The minimum absolute atomic E-state index is 0.215. The van der Waals surface area contributed by atoms with Gasteiger partial charge >= 0.3 is 0 Å². The second-order valence-corrected chi connectivity index (χ2v) is 6.14. The Morgan fingerprint density at radius 1 is 1.19 bits per heavy atom. The van der Waals surface area contributed by atoms with Gasteiger partial charge in [0.25, 0.3) is 0 Å². The quantitative estimate of drug-likeness (QED) is 0.711. The molecular formula is C17H27NO3. The van der Waals surface area contributed by atoms with Crippen molar-refractivity contribution in [3.8, 4) is 11.5 Å². The Morgan fingerprint density at radius 3 is 2.57 bits per heavy atom. The molecule has 0 saturated heterocycles. The molecule has 118 valence electrons. The molecule has 0 aliphatic heterocycles. The van der Waals surface area contributed by atoms with Crippen molar-refractivity contribution in [3.63, 3.8) is 0 Å². The predicted octanol–water partition coefficient (Wildman–Crippen LogP) is 2.78. The van der Waals surface area contributed by atoms with E-state index in [-0.39, 0.29) is 6.04 Å². The number of nitrogens with two attached hydrogens (primary N) is 1. The van der Waals surface area contributed by atoms with Crippen LogP contribution in [-0.4, -0.2) is 33.5 Å². The van der Waals surface area contributed by atoms with Gasteiger partial charge in [-0.1, -0.05) is 13.0 Å². The number of methoxy groups -OCH3 is 2. The van der Waals surface area contributed by atoms with E-state index >= 15 is 0 Å². The van der Waals surface area contributed by atoms with E-state index in [0.717, 1.165) is 24.3 Å². The molecule has 21 heavy (non-hydrogen) atoms. The summed E-state index contributed by atoms with van der Waals surface area (Å²) in [6.45, 7) is 3.59. The maximum atomic E-state index is 6.32. The van der Waals surface area contributed by atoms with Crippen LogP contribution in [0.4, 0.5) is 0 Å². The Balaban J connectivity index is 1.98. The molecular weight excluding hydrogens is 266 g/mol. The van der Waals surface area contributed by atoms with Crippen molar-refractivity contribution in [2.45, 2.75) is 38.6 Å². The lowest BCUT2D eigenvalue weighted by Gasteiger charge is -2.19. The van der Waals surface area contributed by atoms with E-state index in [1.807, 2.05) is 6.07 Å². The van der Waals surface area contributed by atoms with Gasteiger partial charge in [-0.05, 0) is 42.4 Å². The van der Waals surface area contributed by atoms with E-state index in [4.69, 9.17) is 19.9 Å². The Morgan fingerprint density at radius 2 is 1.95 bits per heavy atom. The molecule has 0 unspecified atom stereocenters. The first-order valence-electron chi connectivity index (χ1n) is 7.63. The number of hydrogen-bond acceptors (Lipinski definition) is 4. The lowest BCUT2D eigenvalue weighted by Crippen LogP contribution is -2.31. The monoisotopic (exact) mass is 293 g/mol. The Hall–Kier alpha value is -1.26. The zero-order valence-electron chi connectivity index (χ0n) is 13.4. The predicted molar refractivity (Wildman–Crippen MR) is 84.0 cm³/mol. The second kappa shape index (κ2) is 7.14. The standard InChI is InChI=1S/C17H27NO3/c1-17(7-8-17)16(18)12-13-5-6-14(20-3)15(11-13)21-10-4-9-19-2/h5-6,11,16H,4,7-10,12,18H2,1-3H3/t16-/m1/s1. The molecule has 4 heteroatoms. The number of hydrogen-bond donors (Lipinski definition) is 1. The van der Waals surface area contributed by atoms with Crippen LogP contribution in [0.25, 0.3) is 0 Å². The van der Waals surface area contributed by atoms with Crippen LogP contribution < -0.4 is 15.2 Å². The molecule has 0 radical (unpaired) electrons. The van der Waals surface area contributed by atoms with Gasteiger partial charge in [-0.2, -0.15) is 0 Å². The van der Waals surface area contributed by atoms with Gasteiger partial charge in [0.15, 0.2) is 11.5 Å². The molecule has 4 nitrogen and oxygen atoms in total. The third-order valence-corrected chi connectivity index (χ3v) is 4.37. The summed E-state index contributed by atoms with van der Waals surface area (Å²) in [5.41, 5.74) is 7.86. The van der Waals surface area contributed by atoms with Crippen LogP contribution in [0.2, 0.25) is 0 Å². The van der Waals surface area contributed by atoms with Crippen LogP contribution in [0.3, 0.4) is 0 Å². The molecule has 0 amide bonds. The van der Waals surface area contributed by atoms with Gasteiger partial charge < -0.3 is 19.9 Å². The largest absolute Gasteiger partial charge is 0.493 e. The summed E-state index contributed by atoms with van der Waals surface area (Å²) in [5, 5.41) is 0. The van der Waals surface area contributed by atoms with Crippen LogP contribution in [0, 0.1) is 5.41 Å². The zero-order chi connectivity index (χ0) is 15.3. The topological polar surface area (TPSA) is 53.7 Å². The summed E-state index contributed by atoms with van der Waals surface area (Å²) in [6.07, 6.45) is 4.23. The number of rotatable bonds is 9. The van der Waals surface area contributed by atoms with E-state index in [2.05, 4.69) is 19.1 Å². The van der Waals surface area contributed by atoms with Crippen LogP contribution in [0.15, 0.2) is 18.2 Å². The minimum atomic E-state index is 0.215. The fourth-order valence-electron chi connectivity index (χ4n) is 2.41. The molecule has 2 rings (SSSR count). The second-order valence-electron chi connectivity index (χ2n) is 6.14. The highest BCUT2D eigenvalue weighted by Crippen LogP contribution is 2.48. The van der Waals surface area contributed by atoms with E-state index < -0.39 is 0 Å². The Kier molecular flexibility index (Phi) is 5.48. The van der Waals surface area contributed by atoms with Crippen LogP contribution in [0.5, 0.6) is 11.5 Å². The first kappa shape index (κ1) is 16.1. The van der Waals surface area contributed by atoms with Gasteiger partial charge in [-0.15, -0.1) is 0 Å². The fourth-order valence-corrected chi connectivity index (χ4v) is 2.41. The van der Waals surface area contributed by atoms with Crippen molar-refractivity contribution in [3.05, 3.63) is 23.8 Å². The molecule has 1 atom stereocenters. The molecule has 1 fully saturated rings. The maximum Gasteiger partial charge on any atom is 0.161 e. The normalized spacial score (nSPS) is 17.3. The molecule has 1 saturated carbocycles. The van der Waals surface area contributed by atoms with Crippen molar-refractivity contribution in [1.82, 2.24) is 0 Å². The van der Waals surface area contributed by atoms with Crippen molar-refractivity contribution >= 4 is 0 Å². The summed E-state index contributed by atoms with van der Waals surface area (Å²) in [4.78, 5) is 0.